The molecule has 0 aromatic heterocycles. The summed E-state index contributed by atoms with van der Waals surface area (Å²) in [4.78, 5) is 12.8. The Hall–Kier alpha value is -1.48. The summed E-state index contributed by atoms with van der Waals surface area (Å²) in [6.07, 6.45) is 3.40. The third-order valence-corrected chi connectivity index (χ3v) is 3.80. The minimum absolute atomic E-state index is 0.0337. The molecule has 2 nitrogen and oxygen atoms in total. The van der Waals surface area contributed by atoms with Gasteiger partial charge < -0.3 is 5.32 Å². The number of rotatable bonds is 5. The predicted octanol–water partition coefficient (Wildman–Crippen LogP) is 4.83. The minimum Gasteiger partial charge on any atom is -0.347 e. The Bertz CT molecular complexity index is 553. The van der Waals surface area contributed by atoms with Crippen LogP contribution in [0.1, 0.15) is 26.2 Å². The van der Waals surface area contributed by atoms with Gasteiger partial charge in [0.25, 0.3) is 5.24 Å². The van der Waals surface area contributed by atoms with E-state index in [4.69, 9.17) is 0 Å². The SMILES string of the molecule is CCCCCNC(=O)Sc1ccc2ccccc2c1. The summed E-state index contributed by atoms with van der Waals surface area (Å²) in [5, 5.41) is 5.35. The van der Waals surface area contributed by atoms with Crippen LogP contribution in [0.3, 0.4) is 0 Å². The largest absolute Gasteiger partial charge is 0.347 e. The summed E-state index contributed by atoms with van der Waals surface area (Å²) >= 11 is 1.27. The number of carbonyl (C=O) groups is 1. The van der Waals surface area contributed by atoms with Crippen molar-refractivity contribution < 1.29 is 4.79 Å². The monoisotopic (exact) mass is 273 g/mol. The third kappa shape index (κ3) is 4.28. The molecule has 0 spiro atoms. The van der Waals surface area contributed by atoms with Crippen LogP contribution in [0, 0.1) is 0 Å². The quantitative estimate of drug-likeness (QED) is 0.624. The van der Waals surface area contributed by atoms with Crippen LogP contribution in [0.2, 0.25) is 0 Å². The van der Waals surface area contributed by atoms with E-state index in [1.165, 1.54) is 35.4 Å². The number of hydrogen-bond acceptors (Lipinski definition) is 2. The molecule has 2 rings (SSSR count). The maximum atomic E-state index is 11.8. The van der Waals surface area contributed by atoms with E-state index in [-0.39, 0.29) is 5.24 Å². The molecule has 2 aromatic rings. The van der Waals surface area contributed by atoms with Crippen LogP contribution < -0.4 is 5.32 Å². The molecule has 1 amide bonds. The van der Waals surface area contributed by atoms with Crippen molar-refractivity contribution in [2.24, 2.45) is 0 Å². The molecule has 0 bridgehead atoms. The highest BCUT2D eigenvalue weighted by atomic mass is 32.2. The molecule has 1 N–H and O–H groups in total. The molecular weight excluding hydrogens is 254 g/mol. The normalized spacial score (nSPS) is 10.6. The molecule has 2 aromatic carbocycles. The second kappa shape index (κ2) is 7.19. The topological polar surface area (TPSA) is 29.1 Å². The van der Waals surface area contributed by atoms with E-state index < -0.39 is 0 Å². The number of fused-ring (bicyclic) bond motifs is 1. The van der Waals surface area contributed by atoms with Crippen molar-refractivity contribution in [2.75, 3.05) is 6.54 Å². The van der Waals surface area contributed by atoms with Crippen molar-refractivity contribution in [3.8, 4) is 0 Å². The fourth-order valence-electron chi connectivity index (χ4n) is 1.94. The fraction of sp³-hybridized carbons (Fsp3) is 0.312. The molecule has 0 fully saturated rings. The van der Waals surface area contributed by atoms with Gasteiger partial charge in [-0.1, -0.05) is 50.1 Å². The van der Waals surface area contributed by atoms with E-state index in [0.29, 0.717) is 0 Å². The second-order valence-corrected chi connectivity index (χ2v) is 5.58. The number of nitrogens with one attached hydrogen (secondary N) is 1. The zero-order valence-electron chi connectivity index (χ0n) is 11.2. The number of unbranched alkanes of at least 4 members (excludes halogenated alkanes) is 2. The van der Waals surface area contributed by atoms with Crippen LogP contribution in [0.5, 0.6) is 0 Å². The van der Waals surface area contributed by atoms with Crippen LogP contribution in [0.25, 0.3) is 10.8 Å². The molecule has 0 aliphatic rings. The molecular formula is C16H19NOS. The third-order valence-electron chi connectivity index (χ3n) is 2.98. The lowest BCUT2D eigenvalue weighted by molar-refractivity contribution is 0.260. The number of hydrogen-bond donors (Lipinski definition) is 1. The van der Waals surface area contributed by atoms with Gasteiger partial charge >= 0.3 is 0 Å². The lowest BCUT2D eigenvalue weighted by atomic mass is 10.1. The Morgan fingerprint density at radius 3 is 2.68 bits per heavy atom. The van der Waals surface area contributed by atoms with Crippen LogP contribution in [-0.2, 0) is 0 Å². The lowest BCUT2D eigenvalue weighted by Crippen LogP contribution is -2.19. The Labute approximate surface area is 118 Å². The predicted molar refractivity (Wildman–Crippen MR) is 82.7 cm³/mol. The molecule has 0 saturated carbocycles. The van der Waals surface area contributed by atoms with Crippen molar-refractivity contribution in [1.29, 1.82) is 0 Å². The van der Waals surface area contributed by atoms with Gasteiger partial charge in [-0.25, -0.2) is 0 Å². The van der Waals surface area contributed by atoms with E-state index in [0.717, 1.165) is 17.9 Å². The zero-order chi connectivity index (χ0) is 13.5. The van der Waals surface area contributed by atoms with E-state index in [1.54, 1.807) is 0 Å². The van der Waals surface area contributed by atoms with Crippen molar-refractivity contribution >= 4 is 27.8 Å². The molecule has 19 heavy (non-hydrogen) atoms. The van der Waals surface area contributed by atoms with Crippen LogP contribution in [0.15, 0.2) is 47.4 Å². The smallest absolute Gasteiger partial charge is 0.283 e. The summed E-state index contributed by atoms with van der Waals surface area (Å²) < 4.78 is 0. The van der Waals surface area contributed by atoms with Crippen LogP contribution in [0.4, 0.5) is 4.79 Å². The highest BCUT2D eigenvalue weighted by Crippen LogP contribution is 2.23. The molecule has 0 saturated heterocycles. The summed E-state index contributed by atoms with van der Waals surface area (Å²) in [6.45, 7) is 2.93. The van der Waals surface area contributed by atoms with Gasteiger partial charge in [-0.15, -0.1) is 0 Å². The van der Waals surface area contributed by atoms with Crippen molar-refractivity contribution in [3.05, 3.63) is 42.5 Å². The van der Waals surface area contributed by atoms with Gasteiger partial charge in [0.05, 0.1) is 0 Å². The highest BCUT2D eigenvalue weighted by molar-refractivity contribution is 8.13. The van der Waals surface area contributed by atoms with Crippen molar-refractivity contribution in [3.63, 3.8) is 0 Å². The molecule has 0 aliphatic carbocycles. The Balaban J connectivity index is 1.91. The Morgan fingerprint density at radius 1 is 1.11 bits per heavy atom. The first-order chi connectivity index (χ1) is 9.29. The summed E-state index contributed by atoms with van der Waals surface area (Å²) in [7, 11) is 0. The van der Waals surface area contributed by atoms with Gasteiger partial charge in [-0.05, 0) is 41.1 Å². The first-order valence-electron chi connectivity index (χ1n) is 6.74. The average molecular weight is 273 g/mol. The van der Waals surface area contributed by atoms with Gasteiger partial charge in [-0.3, -0.25) is 4.79 Å². The maximum absolute atomic E-state index is 11.8. The second-order valence-electron chi connectivity index (χ2n) is 4.53. The lowest BCUT2D eigenvalue weighted by Gasteiger charge is -2.05. The molecule has 0 aliphatic heterocycles. The zero-order valence-corrected chi connectivity index (χ0v) is 12.0. The Kier molecular flexibility index (Phi) is 5.28. The molecule has 0 radical (unpaired) electrons. The molecule has 0 heterocycles. The molecule has 0 atom stereocenters. The van der Waals surface area contributed by atoms with Crippen LogP contribution >= 0.6 is 11.8 Å². The van der Waals surface area contributed by atoms with E-state index >= 15 is 0 Å². The van der Waals surface area contributed by atoms with Gasteiger partial charge in [0.2, 0.25) is 0 Å². The highest BCUT2D eigenvalue weighted by Gasteiger charge is 2.04. The average Bonchev–Trinajstić information content (AvgIpc) is 2.43. The Morgan fingerprint density at radius 2 is 1.89 bits per heavy atom. The first kappa shape index (κ1) is 13.9. The summed E-state index contributed by atoms with van der Waals surface area (Å²) in [5.41, 5.74) is 0. The number of benzene rings is 2. The summed E-state index contributed by atoms with van der Waals surface area (Å²) in [5.74, 6) is 0. The van der Waals surface area contributed by atoms with Gasteiger partial charge in [0, 0.05) is 11.4 Å². The van der Waals surface area contributed by atoms with Gasteiger partial charge in [-0.2, -0.15) is 0 Å². The van der Waals surface area contributed by atoms with E-state index in [1.807, 2.05) is 18.2 Å². The molecule has 3 heteroatoms. The van der Waals surface area contributed by atoms with Gasteiger partial charge in [0.15, 0.2) is 0 Å². The molecule has 100 valence electrons. The van der Waals surface area contributed by atoms with Crippen molar-refractivity contribution in [2.45, 2.75) is 31.1 Å². The first-order valence-corrected chi connectivity index (χ1v) is 7.55. The van der Waals surface area contributed by atoms with Crippen LogP contribution in [-0.4, -0.2) is 11.8 Å². The van der Waals surface area contributed by atoms with E-state index in [2.05, 4.69) is 36.5 Å². The summed E-state index contributed by atoms with van der Waals surface area (Å²) in [6, 6.07) is 14.3. The van der Waals surface area contributed by atoms with Gasteiger partial charge in [0.1, 0.15) is 0 Å². The molecule has 0 unspecified atom stereocenters. The van der Waals surface area contributed by atoms with Crippen molar-refractivity contribution in [1.82, 2.24) is 5.32 Å². The minimum atomic E-state index is 0.0337. The van der Waals surface area contributed by atoms with E-state index in [9.17, 15) is 4.79 Å². The number of amides is 1. The maximum Gasteiger partial charge on any atom is 0.283 e. The fourth-order valence-corrected chi connectivity index (χ4v) is 2.65. The number of carbonyl (C=O) groups excluding carboxylic acids is 1. The number of thioether (sulfide) groups is 1. The standard InChI is InChI=1S/C16H19NOS/c1-2-3-6-11-17-16(18)19-15-10-9-13-7-4-5-8-14(13)12-15/h4-5,7-10,12H,2-3,6,11H2,1H3,(H,17,18).